The Kier molecular flexibility index (Phi) is 3.82. The highest BCUT2D eigenvalue weighted by molar-refractivity contribution is 5.95. The van der Waals surface area contributed by atoms with Gasteiger partial charge in [-0.2, -0.15) is 5.10 Å². The van der Waals surface area contributed by atoms with Crippen LogP contribution in [0.4, 0.5) is 0 Å². The van der Waals surface area contributed by atoms with E-state index in [1.807, 2.05) is 29.8 Å². The van der Waals surface area contributed by atoms with Crippen LogP contribution in [0.25, 0.3) is 0 Å². The molecule has 2 aromatic rings. The maximum Gasteiger partial charge on any atom is 0.356 e. The summed E-state index contributed by atoms with van der Waals surface area (Å²) < 4.78 is 1.87. The van der Waals surface area contributed by atoms with Crippen LogP contribution in [-0.2, 0) is 19.5 Å². The average Bonchev–Trinajstić information content (AvgIpc) is 3.34. The molecule has 6 heteroatoms. The van der Waals surface area contributed by atoms with E-state index >= 15 is 0 Å². The third-order valence-corrected chi connectivity index (χ3v) is 5.02. The van der Waals surface area contributed by atoms with Gasteiger partial charge in [0, 0.05) is 36.3 Å². The minimum absolute atomic E-state index is 0.0550. The van der Waals surface area contributed by atoms with Crippen LogP contribution in [0.3, 0.4) is 0 Å². The van der Waals surface area contributed by atoms with Gasteiger partial charge in [0.1, 0.15) is 0 Å². The Morgan fingerprint density at radius 3 is 2.80 bits per heavy atom. The molecular weight excluding hydrogens is 318 g/mol. The first-order chi connectivity index (χ1) is 12.0. The van der Waals surface area contributed by atoms with Crippen molar-refractivity contribution in [1.82, 2.24) is 14.7 Å². The van der Waals surface area contributed by atoms with Crippen molar-refractivity contribution in [2.75, 3.05) is 6.54 Å². The second-order valence-electron chi connectivity index (χ2n) is 7.05. The molecule has 2 aliphatic rings. The first kappa shape index (κ1) is 15.9. The second-order valence-corrected chi connectivity index (χ2v) is 7.05. The molecule has 1 aromatic carbocycles. The number of hydrogen-bond acceptors (Lipinski definition) is 3. The number of carbonyl (C=O) groups is 2. The topological polar surface area (TPSA) is 75.4 Å². The number of amides is 1. The summed E-state index contributed by atoms with van der Waals surface area (Å²) in [5.74, 6) is -0.450. The van der Waals surface area contributed by atoms with Gasteiger partial charge in [0.15, 0.2) is 5.69 Å². The van der Waals surface area contributed by atoms with Crippen LogP contribution in [0.5, 0.6) is 0 Å². The SMILES string of the molecule is Cc1cccc(C(=O)N2CCc3c(c(C(=O)O)nn3CC3CC3)C2)c1. The van der Waals surface area contributed by atoms with E-state index in [4.69, 9.17) is 0 Å². The van der Waals surface area contributed by atoms with Crippen molar-refractivity contribution in [2.45, 2.75) is 39.3 Å². The highest BCUT2D eigenvalue weighted by Gasteiger charge is 2.32. The number of benzene rings is 1. The molecule has 1 aliphatic carbocycles. The Hall–Kier alpha value is -2.63. The number of aromatic nitrogens is 2. The van der Waals surface area contributed by atoms with Gasteiger partial charge in [-0.1, -0.05) is 17.7 Å². The lowest BCUT2D eigenvalue weighted by Crippen LogP contribution is -2.36. The molecule has 0 spiro atoms. The van der Waals surface area contributed by atoms with Gasteiger partial charge in [-0.3, -0.25) is 9.48 Å². The molecule has 1 aliphatic heterocycles. The second kappa shape index (κ2) is 6.02. The molecule has 0 radical (unpaired) electrons. The van der Waals surface area contributed by atoms with E-state index in [-0.39, 0.29) is 11.6 Å². The number of rotatable bonds is 4. The maximum absolute atomic E-state index is 12.8. The Balaban J connectivity index is 1.62. The van der Waals surface area contributed by atoms with E-state index in [1.165, 1.54) is 12.8 Å². The van der Waals surface area contributed by atoms with Crippen molar-refractivity contribution in [3.05, 3.63) is 52.3 Å². The number of fused-ring (bicyclic) bond motifs is 1. The molecule has 4 rings (SSSR count). The minimum atomic E-state index is -1.02. The molecule has 0 unspecified atom stereocenters. The summed E-state index contributed by atoms with van der Waals surface area (Å²) in [6, 6.07) is 7.50. The number of nitrogens with zero attached hydrogens (tertiary/aromatic N) is 3. The molecule has 130 valence electrons. The molecule has 0 saturated heterocycles. The van der Waals surface area contributed by atoms with Crippen molar-refractivity contribution >= 4 is 11.9 Å². The van der Waals surface area contributed by atoms with E-state index in [0.717, 1.165) is 17.8 Å². The molecule has 1 aromatic heterocycles. The molecule has 1 N–H and O–H groups in total. The number of carbonyl (C=O) groups excluding carboxylic acids is 1. The number of aromatic carboxylic acids is 1. The first-order valence-corrected chi connectivity index (χ1v) is 8.70. The molecule has 2 heterocycles. The van der Waals surface area contributed by atoms with Crippen LogP contribution >= 0.6 is 0 Å². The lowest BCUT2D eigenvalue weighted by Gasteiger charge is -2.28. The molecule has 0 bridgehead atoms. The van der Waals surface area contributed by atoms with Crippen LogP contribution in [0.2, 0.25) is 0 Å². The van der Waals surface area contributed by atoms with Crippen molar-refractivity contribution in [1.29, 1.82) is 0 Å². The number of carboxylic acids is 1. The van der Waals surface area contributed by atoms with E-state index in [9.17, 15) is 14.7 Å². The normalized spacial score (nSPS) is 16.6. The summed E-state index contributed by atoms with van der Waals surface area (Å²) in [6.45, 7) is 3.65. The number of hydrogen-bond donors (Lipinski definition) is 1. The Morgan fingerprint density at radius 2 is 2.12 bits per heavy atom. The fourth-order valence-electron chi connectivity index (χ4n) is 3.49. The Labute approximate surface area is 146 Å². The summed E-state index contributed by atoms with van der Waals surface area (Å²) in [7, 11) is 0. The summed E-state index contributed by atoms with van der Waals surface area (Å²) in [5, 5.41) is 13.8. The maximum atomic E-state index is 12.8. The first-order valence-electron chi connectivity index (χ1n) is 8.70. The van der Waals surface area contributed by atoms with Crippen LogP contribution in [0.15, 0.2) is 24.3 Å². The lowest BCUT2D eigenvalue weighted by atomic mass is 10.0. The zero-order chi connectivity index (χ0) is 17.6. The molecule has 1 fully saturated rings. The third kappa shape index (κ3) is 3.04. The summed E-state index contributed by atoms with van der Waals surface area (Å²) in [4.78, 5) is 26.1. The molecule has 0 atom stereocenters. The standard InChI is InChI=1S/C19H21N3O3/c1-12-3-2-4-14(9-12)18(23)21-8-7-16-15(11-21)17(19(24)25)20-22(16)10-13-5-6-13/h2-4,9,13H,5-8,10-11H2,1H3,(H,24,25). The summed E-state index contributed by atoms with van der Waals surface area (Å²) >= 11 is 0. The Morgan fingerprint density at radius 1 is 1.32 bits per heavy atom. The number of aryl methyl sites for hydroxylation is 1. The van der Waals surface area contributed by atoms with Gasteiger partial charge in [-0.05, 0) is 37.8 Å². The summed E-state index contributed by atoms with van der Waals surface area (Å²) in [5.41, 5.74) is 3.45. The van der Waals surface area contributed by atoms with Gasteiger partial charge in [0.25, 0.3) is 5.91 Å². The largest absolute Gasteiger partial charge is 0.476 e. The number of carboxylic acid groups (broad SMARTS) is 1. The third-order valence-electron chi connectivity index (χ3n) is 5.02. The van der Waals surface area contributed by atoms with Crippen molar-refractivity contribution in [3.8, 4) is 0 Å². The van der Waals surface area contributed by atoms with Gasteiger partial charge in [0.05, 0.1) is 6.54 Å². The lowest BCUT2D eigenvalue weighted by molar-refractivity contribution is 0.0674. The quantitative estimate of drug-likeness (QED) is 0.929. The highest BCUT2D eigenvalue weighted by atomic mass is 16.4. The van der Waals surface area contributed by atoms with Gasteiger partial charge in [0.2, 0.25) is 0 Å². The zero-order valence-electron chi connectivity index (χ0n) is 14.2. The van der Waals surface area contributed by atoms with Crippen LogP contribution in [-0.4, -0.2) is 38.2 Å². The fraction of sp³-hybridized carbons (Fsp3) is 0.421. The van der Waals surface area contributed by atoms with Crippen molar-refractivity contribution in [3.63, 3.8) is 0 Å². The van der Waals surface area contributed by atoms with Crippen molar-refractivity contribution < 1.29 is 14.7 Å². The molecule has 1 saturated carbocycles. The van der Waals surface area contributed by atoms with E-state index < -0.39 is 5.97 Å². The molecule has 25 heavy (non-hydrogen) atoms. The molecule has 1 amide bonds. The van der Waals surface area contributed by atoms with Gasteiger partial charge in [-0.25, -0.2) is 4.79 Å². The zero-order valence-corrected chi connectivity index (χ0v) is 14.2. The smallest absolute Gasteiger partial charge is 0.356 e. The van der Waals surface area contributed by atoms with Gasteiger partial charge >= 0.3 is 5.97 Å². The Bertz CT molecular complexity index is 852. The predicted molar refractivity (Wildman–Crippen MR) is 91.5 cm³/mol. The van der Waals surface area contributed by atoms with Gasteiger partial charge < -0.3 is 10.0 Å². The van der Waals surface area contributed by atoms with E-state index in [2.05, 4.69) is 5.10 Å². The van der Waals surface area contributed by atoms with Gasteiger partial charge in [-0.15, -0.1) is 0 Å². The highest BCUT2D eigenvalue weighted by Crippen LogP contribution is 2.32. The predicted octanol–water partition coefficient (Wildman–Crippen LogP) is 2.50. The monoisotopic (exact) mass is 339 g/mol. The summed E-state index contributed by atoms with van der Waals surface area (Å²) in [6.07, 6.45) is 3.03. The average molecular weight is 339 g/mol. The van der Waals surface area contributed by atoms with E-state index in [0.29, 0.717) is 36.6 Å². The molecule has 6 nitrogen and oxygen atoms in total. The molecular formula is C19H21N3O3. The fourth-order valence-corrected chi connectivity index (χ4v) is 3.49. The van der Waals surface area contributed by atoms with Crippen molar-refractivity contribution in [2.24, 2.45) is 5.92 Å². The van der Waals surface area contributed by atoms with Crippen LogP contribution in [0, 0.1) is 12.8 Å². The van der Waals surface area contributed by atoms with Crippen LogP contribution in [0.1, 0.15) is 50.5 Å². The van der Waals surface area contributed by atoms with Crippen LogP contribution < -0.4 is 0 Å². The minimum Gasteiger partial charge on any atom is -0.476 e. The van der Waals surface area contributed by atoms with E-state index in [1.54, 1.807) is 11.0 Å².